The molecule has 2 heterocycles. The first-order valence-electron chi connectivity index (χ1n) is 5.58. The standard InChI is InChI=1S/C12H14ClN3/c13-11-9(4-5-12(14)6-7-12)15-10-3-1-2-8-16(10)11/h1-3,8H,4-7,14H2. The highest BCUT2D eigenvalue weighted by atomic mass is 35.5. The number of hydrogen-bond acceptors (Lipinski definition) is 2. The quantitative estimate of drug-likeness (QED) is 0.888. The molecule has 0 aliphatic heterocycles. The van der Waals surface area contributed by atoms with Gasteiger partial charge in [-0.1, -0.05) is 17.7 Å². The second-order valence-corrected chi connectivity index (χ2v) is 5.00. The Hall–Kier alpha value is -1.06. The van der Waals surface area contributed by atoms with Crippen LogP contribution in [0.5, 0.6) is 0 Å². The van der Waals surface area contributed by atoms with Crippen molar-refractivity contribution in [2.75, 3.05) is 0 Å². The van der Waals surface area contributed by atoms with E-state index in [1.807, 2.05) is 28.8 Å². The minimum absolute atomic E-state index is 0.0686. The lowest BCUT2D eigenvalue weighted by atomic mass is 10.1. The lowest BCUT2D eigenvalue weighted by molar-refractivity contribution is 0.604. The van der Waals surface area contributed by atoms with Crippen LogP contribution in [-0.4, -0.2) is 14.9 Å². The number of rotatable bonds is 3. The number of pyridine rings is 1. The largest absolute Gasteiger partial charge is 0.325 e. The van der Waals surface area contributed by atoms with Crippen LogP contribution in [0.3, 0.4) is 0 Å². The topological polar surface area (TPSA) is 43.3 Å². The highest BCUT2D eigenvalue weighted by Crippen LogP contribution is 2.37. The monoisotopic (exact) mass is 235 g/mol. The molecule has 1 aliphatic rings. The minimum atomic E-state index is 0.0686. The van der Waals surface area contributed by atoms with E-state index in [-0.39, 0.29) is 5.54 Å². The molecule has 1 aliphatic carbocycles. The normalized spacial score (nSPS) is 17.9. The Balaban J connectivity index is 1.88. The van der Waals surface area contributed by atoms with Crippen LogP contribution in [0.2, 0.25) is 5.15 Å². The van der Waals surface area contributed by atoms with Crippen LogP contribution < -0.4 is 5.73 Å². The van der Waals surface area contributed by atoms with Crippen LogP contribution in [0.4, 0.5) is 0 Å². The van der Waals surface area contributed by atoms with Gasteiger partial charge in [0.15, 0.2) is 0 Å². The van der Waals surface area contributed by atoms with Gasteiger partial charge in [-0.15, -0.1) is 0 Å². The second kappa shape index (κ2) is 3.47. The zero-order valence-corrected chi connectivity index (χ0v) is 9.74. The molecule has 2 aromatic rings. The van der Waals surface area contributed by atoms with E-state index < -0.39 is 0 Å². The highest BCUT2D eigenvalue weighted by molar-refractivity contribution is 6.30. The third-order valence-electron chi connectivity index (χ3n) is 3.29. The maximum absolute atomic E-state index is 6.27. The smallest absolute Gasteiger partial charge is 0.138 e. The fraction of sp³-hybridized carbons (Fsp3) is 0.417. The van der Waals surface area contributed by atoms with Gasteiger partial charge in [0, 0.05) is 11.7 Å². The fourth-order valence-corrected chi connectivity index (χ4v) is 2.23. The molecular formula is C12H14ClN3. The van der Waals surface area contributed by atoms with Crippen molar-refractivity contribution in [1.82, 2.24) is 9.38 Å². The first-order chi connectivity index (χ1) is 7.68. The van der Waals surface area contributed by atoms with E-state index in [9.17, 15) is 0 Å². The average molecular weight is 236 g/mol. The van der Waals surface area contributed by atoms with Crippen LogP contribution >= 0.6 is 11.6 Å². The third kappa shape index (κ3) is 1.70. The van der Waals surface area contributed by atoms with Crippen LogP contribution in [0.1, 0.15) is 25.0 Å². The third-order valence-corrected chi connectivity index (χ3v) is 3.69. The van der Waals surface area contributed by atoms with Crippen molar-refractivity contribution >= 4 is 17.2 Å². The maximum atomic E-state index is 6.27. The van der Waals surface area contributed by atoms with E-state index in [4.69, 9.17) is 17.3 Å². The summed E-state index contributed by atoms with van der Waals surface area (Å²) in [5.74, 6) is 0. The molecule has 0 aromatic carbocycles. The van der Waals surface area contributed by atoms with Crippen molar-refractivity contribution in [3.63, 3.8) is 0 Å². The number of imidazole rings is 1. The van der Waals surface area contributed by atoms with E-state index >= 15 is 0 Å². The second-order valence-electron chi connectivity index (χ2n) is 4.64. The van der Waals surface area contributed by atoms with Crippen molar-refractivity contribution in [3.8, 4) is 0 Å². The van der Waals surface area contributed by atoms with E-state index in [1.54, 1.807) is 0 Å². The molecule has 0 atom stereocenters. The molecule has 3 nitrogen and oxygen atoms in total. The number of nitrogens with zero attached hydrogens (tertiary/aromatic N) is 2. The Morgan fingerprint density at radius 3 is 2.94 bits per heavy atom. The highest BCUT2D eigenvalue weighted by Gasteiger charge is 2.37. The van der Waals surface area contributed by atoms with E-state index in [0.717, 1.165) is 42.2 Å². The number of aromatic nitrogens is 2. The maximum Gasteiger partial charge on any atom is 0.138 e. The number of halogens is 1. The molecule has 0 bridgehead atoms. The van der Waals surface area contributed by atoms with Crippen molar-refractivity contribution in [1.29, 1.82) is 0 Å². The summed E-state index contributed by atoms with van der Waals surface area (Å²) < 4.78 is 1.91. The predicted molar refractivity (Wildman–Crippen MR) is 64.7 cm³/mol. The summed E-state index contributed by atoms with van der Waals surface area (Å²) in [4.78, 5) is 4.52. The molecule has 4 heteroatoms. The molecule has 16 heavy (non-hydrogen) atoms. The lowest BCUT2D eigenvalue weighted by Crippen LogP contribution is -2.22. The van der Waals surface area contributed by atoms with E-state index in [1.165, 1.54) is 0 Å². The summed E-state index contributed by atoms with van der Waals surface area (Å²) in [5, 5.41) is 0.722. The lowest BCUT2D eigenvalue weighted by Gasteiger charge is -2.05. The SMILES string of the molecule is NC1(CCc2nc3ccccn3c2Cl)CC1. The molecule has 0 saturated heterocycles. The Morgan fingerprint density at radius 2 is 2.25 bits per heavy atom. The summed E-state index contributed by atoms with van der Waals surface area (Å²) in [5.41, 5.74) is 8.00. The first kappa shape index (κ1) is 10.1. The van der Waals surface area contributed by atoms with E-state index in [0.29, 0.717) is 0 Å². The van der Waals surface area contributed by atoms with E-state index in [2.05, 4.69) is 4.98 Å². The zero-order valence-electron chi connectivity index (χ0n) is 8.99. The van der Waals surface area contributed by atoms with Crippen LogP contribution in [-0.2, 0) is 6.42 Å². The van der Waals surface area contributed by atoms with Gasteiger partial charge in [0.2, 0.25) is 0 Å². The van der Waals surface area contributed by atoms with Gasteiger partial charge in [0.1, 0.15) is 10.8 Å². The molecule has 1 fully saturated rings. The minimum Gasteiger partial charge on any atom is -0.325 e. The molecule has 3 rings (SSSR count). The van der Waals surface area contributed by atoms with Crippen LogP contribution in [0.25, 0.3) is 5.65 Å². The number of fused-ring (bicyclic) bond motifs is 1. The van der Waals surface area contributed by atoms with Gasteiger partial charge in [-0.05, 0) is 37.8 Å². The van der Waals surface area contributed by atoms with Crippen molar-refractivity contribution < 1.29 is 0 Å². The van der Waals surface area contributed by atoms with Crippen LogP contribution in [0.15, 0.2) is 24.4 Å². The first-order valence-corrected chi connectivity index (χ1v) is 5.96. The summed E-state index contributed by atoms with van der Waals surface area (Å²) in [6.45, 7) is 0. The summed E-state index contributed by atoms with van der Waals surface area (Å²) >= 11 is 6.27. The Morgan fingerprint density at radius 1 is 1.44 bits per heavy atom. The molecule has 2 aromatic heterocycles. The summed E-state index contributed by atoms with van der Waals surface area (Å²) in [6, 6.07) is 5.88. The van der Waals surface area contributed by atoms with Gasteiger partial charge in [-0.3, -0.25) is 4.40 Å². The van der Waals surface area contributed by atoms with Crippen LogP contribution in [0, 0.1) is 0 Å². The predicted octanol–water partition coefficient (Wildman–Crippen LogP) is 2.41. The van der Waals surface area contributed by atoms with Crippen molar-refractivity contribution in [3.05, 3.63) is 35.2 Å². The summed E-state index contributed by atoms with van der Waals surface area (Å²) in [6.07, 6.45) is 6.06. The number of hydrogen-bond donors (Lipinski definition) is 1. The molecule has 0 spiro atoms. The average Bonchev–Trinajstić information content (AvgIpc) is 2.94. The molecule has 84 valence electrons. The molecule has 0 radical (unpaired) electrons. The molecular weight excluding hydrogens is 222 g/mol. The molecule has 0 amide bonds. The van der Waals surface area contributed by atoms with Crippen molar-refractivity contribution in [2.45, 2.75) is 31.2 Å². The number of nitrogens with two attached hydrogens (primary N) is 1. The Kier molecular flexibility index (Phi) is 2.19. The number of aryl methyl sites for hydroxylation is 1. The van der Waals surface area contributed by atoms with Gasteiger partial charge in [-0.2, -0.15) is 0 Å². The van der Waals surface area contributed by atoms with Gasteiger partial charge in [-0.25, -0.2) is 4.98 Å². The van der Waals surface area contributed by atoms with Gasteiger partial charge in [0.05, 0.1) is 5.69 Å². The van der Waals surface area contributed by atoms with Gasteiger partial charge < -0.3 is 5.73 Å². The van der Waals surface area contributed by atoms with Crippen molar-refractivity contribution in [2.24, 2.45) is 5.73 Å². The Bertz CT molecular complexity index is 528. The fourth-order valence-electron chi connectivity index (χ4n) is 1.95. The summed E-state index contributed by atoms with van der Waals surface area (Å²) in [7, 11) is 0. The molecule has 2 N–H and O–H groups in total. The molecule has 1 saturated carbocycles. The Labute approximate surface area is 99.2 Å². The van der Waals surface area contributed by atoms with Gasteiger partial charge in [0.25, 0.3) is 0 Å². The molecule has 0 unspecified atom stereocenters. The van der Waals surface area contributed by atoms with Gasteiger partial charge >= 0.3 is 0 Å². The zero-order chi connectivity index (χ0) is 11.2.